The van der Waals surface area contributed by atoms with Crippen molar-refractivity contribution in [2.75, 3.05) is 5.32 Å². The fraction of sp³-hybridized carbons (Fsp3) is 0.0769. The fourth-order valence-electron chi connectivity index (χ4n) is 1.97. The van der Waals surface area contributed by atoms with Crippen molar-refractivity contribution in [2.45, 2.75) is 6.17 Å². The molecule has 0 spiro atoms. The van der Waals surface area contributed by atoms with Gasteiger partial charge in [0.1, 0.15) is 6.17 Å². The van der Waals surface area contributed by atoms with E-state index in [9.17, 15) is 4.79 Å². The monoisotopic (exact) mass is 351 g/mol. The Morgan fingerprint density at radius 2 is 1.89 bits per heavy atom. The molecule has 0 aliphatic carbocycles. The third-order valence-corrected chi connectivity index (χ3v) is 3.76. The number of fused-ring (bicyclic) bond motifs is 1. The van der Waals surface area contributed by atoms with E-state index in [0.29, 0.717) is 5.56 Å². The summed E-state index contributed by atoms with van der Waals surface area (Å²) in [5.41, 5.74) is 2.57. The summed E-state index contributed by atoms with van der Waals surface area (Å²) in [6, 6.07) is 9.46. The topological polar surface area (TPSA) is 54.0 Å². The van der Waals surface area contributed by atoms with Crippen molar-refractivity contribution < 1.29 is 4.79 Å². The fourth-order valence-corrected chi connectivity index (χ4v) is 2.63. The van der Waals surface area contributed by atoms with Gasteiger partial charge in [0.2, 0.25) is 0 Å². The van der Waals surface area contributed by atoms with Gasteiger partial charge in [-0.15, -0.1) is 0 Å². The number of halogens is 1. The smallest absolute Gasteiger partial charge is 0.255 e. The third-order valence-electron chi connectivity index (χ3n) is 2.86. The highest BCUT2D eigenvalue weighted by molar-refractivity contribution is 14.1. The van der Waals surface area contributed by atoms with Crippen LogP contribution in [-0.4, -0.2) is 10.9 Å². The maximum Gasteiger partial charge on any atom is 0.255 e. The van der Waals surface area contributed by atoms with Gasteiger partial charge in [-0.2, -0.15) is 0 Å². The summed E-state index contributed by atoms with van der Waals surface area (Å²) in [5.74, 6) is -0.0518. The minimum atomic E-state index is -0.205. The van der Waals surface area contributed by atoms with Gasteiger partial charge in [-0.25, -0.2) is 0 Å². The number of nitrogens with one attached hydrogen (secondary N) is 2. The Morgan fingerprint density at radius 1 is 1.11 bits per heavy atom. The van der Waals surface area contributed by atoms with E-state index in [-0.39, 0.29) is 12.1 Å². The van der Waals surface area contributed by atoms with Gasteiger partial charge in [-0.1, -0.05) is 6.07 Å². The number of carbonyl (C=O) groups is 1. The van der Waals surface area contributed by atoms with Crippen LogP contribution < -0.4 is 10.6 Å². The van der Waals surface area contributed by atoms with Gasteiger partial charge in [0.25, 0.3) is 5.91 Å². The second-order valence-electron chi connectivity index (χ2n) is 3.99. The Bertz CT molecular complexity index is 600. The Balaban J connectivity index is 2.01. The number of benzene rings is 1. The molecular formula is C13H10IN3O. The molecule has 1 aliphatic heterocycles. The van der Waals surface area contributed by atoms with Crippen LogP contribution in [0.4, 0.5) is 5.69 Å². The van der Waals surface area contributed by atoms with Crippen molar-refractivity contribution in [2.24, 2.45) is 0 Å². The minimum absolute atomic E-state index is 0.0518. The van der Waals surface area contributed by atoms with Gasteiger partial charge in [-0.05, 0) is 52.4 Å². The van der Waals surface area contributed by atoms with E-state index in [4.69, 9.17) is 0 Å². The first kappa shape index (κ1) is 11.5. The molecule has 5 heteroatoms. The van der Waals surface area contributed by atoms with E-state index < -0.39 is 0 Å². The summed E-state index contributed by atoms with van der Waals surface area (Å²) >= 11 is 2.23. The van der Waals surface area contributed by atoms with Crippen molar-refractivity contribution in [1.82, 2.24) is 10.3 Å². The molecule has 1 aromatic heterocycles. The molecule has 2 aromatic rings. The molecule has 1 aromatic carbocycles. The molecule has 4 nitrogen and oxygen atoms in total. The average Bonchev–Trinajstić information content (AvgIpc) is 2.41. The summed E-state index contributed by atoms with van der Waals surface area (Å²) in [5, 5.41) is 6.28. The number of hydrogen-bond donors (Lipinski definition) is 2. The quantitative estimate of drug-likeness (QED) is 0.777. The van der Waals surface area contributed by atoms with Crippen LogP contribution in [0, 0.1) is 3.57 Å². The lowest BCUT2D eigenvalue weighted by Crippen LogP contribution is -2.38. The van der Waals surface area contributed by atoms with Gasteiger partial charge in [0.15, 0.2) is 0 Å². The van der Waals surface area contributed by atoms with E-state index in [1.165, 1.54) is 0 Å². The first-order valence-corrected chi connectivity index (χ1v) is 6.59. The lowest BCUT2D eigenvalue weighted by molar-refractivity contribution is 0.0935. The first-order valence-electron chi connectivity index (χ1n) is 5.51. The zero-order chi connectivity index (χ0) is 12.5. The molecule has 2 N–H and O–H groups in total. The van der Waals surface area contributed by atoms with E-state index in [2.05, 4.69) is 38.2 Å². The molecule has 1 aliphatic rings. The molecular weight excluding hydrogens is 341 g/mol. The van der Waals surface area contributed by atoms with Crippen molar-refractivity contribution in [1.29, 1.82) is 0 Å². The van der Waals surface area contributed by atoms with Crippen LogP contribution >= 0.6 is 22.6 Å². The summed E-state index contributed by atoms with van der Waals surface area (Å²) in [6.07, 6.45) is 3.23. The van der Waals surface area contributed by atoms with Crippen LogP contribution in [0.3, 0.4) is 0 Å². The molecule has 0 saturated carbocycles. The number of nitrogens with zero attached hydrogens (tertiary/aromatic N) is 1. The van der Waals surface area contributed by atoms with Crippen LogP contribution in [0.2, 0.25) is 0 Å². The summed E-state index contributed by atoms with van der Waals surface area (Å²) < 4.78 is 1.04. The molecule has 18 heavy (non-hydrogen) atoms. The Kier molecular flexibility index (Phi) is 2.91. The Hall–Kier alpha value is -1.63. The molecule has 0 bridgehead atoms. The van der Waals surface area contributed by atoms with Crippen LogP contribution in [0.5, 0.6) is 0 Å². The van der Waals surface area contributed by atoms with E-state index >= 15 is 0 Å². The SMILES string of the molecule is O=C1NC(c2ccncc2)Nc2c(I)cccc21. The molecule has 0 saturated heterocycles. The highest BCUT2D eigenvalue weighted by Gasteiger charge is 2.25. The third kappa shape index (κ3) is 1.94. The molecule has 0 radical (unpaired) electrons. The largest absolute Gasteiger partial charge is 0.360 e. The first-order chi connectivity index (χ1) is 8.75. The standard InChI is InChI=1S/C13H10IN3O/c14-10-3-1-2-9-11(10)16-12(17-13(9)18)8-4-6-15-7-5-8/h1-7,12,16H,(H,17,18). The van der Waals surface area contributed by atoms with Gasteiger partial charge in [-0.3, -0.25) is 9.78 Å². The van der Waals surface area contributed by atoms with Crippen molar-refractivity contribution in [3.05, 3.63) is 57.4 Å². The minimum Gasteiger partial charge on any atom is -0.360 e. The normalized spacial score (nSPS) is 17.6. The van der Waals surface area contributed by atoms with E-state index in [1.807, 2.05) is 30.3 Å². The predicted molar refractivity (Wildman–Crippen MR) is 77.2 cm³/mol. The summed E-state index contributed by atoms with van der Waals surface area (Å²) in [7, 11) is 0. The molecule has 1 unspecified atom stereocenters. The molecule has 2 heterocycles. The highest BCUT2D eigenvalue weighted by Crippen LogP contribution is 2.30. The van der Waals surface area contributed by atoms with Crippen molar-refractivity contribution >= 4 is 34.2 Å². The molecule has 3 rings (SSSR count). The lowest BCUT2D eigenvalue weighted by atomic mass is 10.1. The molecule has 0 fully saturated rings. The summed E-state index contributed by atoms with van der Waals surface area (Å²) in [4.78, 5) is 16.0. The van der Waals surface area contributed by atoms with Crippen LogP contribution in [0.1, 0.15) is 22.1 Å². The number of para-hydroxylation sites is 1. The number of hydrogen-bond acceptors (Lipinski definition) is 3. The number of anilines is 1. The number of rotatable bonds is 1. The maximum atomic E-state index is 12.1. The Labute approximate surface area is 118 Å². The lowest BCUT2D eigenvalue weighted by Gasteiger charge is -2.28. The highest BCUT2D eigenvalue weighted by atomic mass is 127. The maximum absolute atomic E-state index is 12.1. The zero-order valence-corrected chi connectivity index (χ0v) is 11.5. The number of amides is 1. The van der Waals surface area contributed by atoms with Crippen LogP contribution in [0.15, 0.2) is 42.7 Å². The molecule has 1 atom stereocenters. The zero-order valence-electron chi connectivity index (χ0n) is 9.35. The van der Waals surface area contributed by atoms with Gasteiger partial charge >= 0.3 is 0 Å². The van der Waals surface area contributed by atoms with Crippen molar-refractivity contribution in [3.8, 4) is 0 Å². The number of pyridine rings is 1. The average molecular weight is 351 g/mol. The number of aromatic nitrogens is 1. The van der Waals surface area contributed by atoms with Crippen LogP contribution in [-0.2, 0) is 0 Å². The second kappa shape index (κ2) is 4.56. The second-order valence-corrected chi connectivity index (χ2v) is 5.16. The van der Waals surface area contributed by atoms with Crippen LogP contribution in [0.25, 0.3) is 0 Å². The predicted octanol–water partition coefficient (Wildman–Crippen LogP) is 2.54. The molecule has 90 valence electrons. The van der Waals surface area contributed by atoms with Gasteiger partial charge < -0.3 is 10.6 Å². The van der Waals surface area contributed by atoms with E-state index in [1.54, 1.807) is 12.4 Å². The summed E-state index contributed by atoms with van der Waals surface area (Å²) in [6.45, 7) is 0. The Morgan fingerprint density at radius 3 is 2.67 bits per heavy atom. The van der Waals surface area contributed by atoms with Crippen molar-refractivity contribution in [3.63, 3.8) is 0 Å². The van der Waals surface area contributed by atoms with E-state index in [0.717, 1.165) is 14.8 Å². The van der Waals surface area contributed by atoms with Gasteiger partial charge in [0, 0.05) is 16.0 Å². The molecule has 1 amide bonds. The van der Waals surface area contributed by atoms with Gasteiger partial charge in [0.05, 0.1) is 11.3 Å². The number of carbonyl (C=O) groups excluding carboxylic acids is 1.